The molecule has 1 aliphatic rings. The van der Waals surface area contributed by atoms with Gasteiger partial charge in [-0.2, -0.15) is 0 Å². The van der Waals surface area contributed by atoms with E-state index in [-0.39, 0.29) is 5.41 Å². The molecule has 0 atom stereocenters. The maximum atomic E-state index is 12.5. The second-order valence-electron chi connectivity index (χ2n) is 4.76. The molecule has 1 N–H and O–H groups in total. The zero-order valence-corrected chi connectivity index (χ0v) is 10.4. The minimum absolute atomic E-state index is 0.00192. The van der Waals surface area contributed by atoms with Crippen LogP contribution < -0.4 is 5.32 Å². The second-order valence-corrected chi connectivity index (χ2v) is 4.76. The molecule has 88 valence electrons. The van der Waals surface area contributed by atoms with Gasteiger partial charge in [0.2, 0.25) is 0 Å². The van der Waals surface area contributed by atoms with Crippen molar-refractivity contribution in [1.29, 1.82) is 0 Å². The van der Waals surface area contributed by atoms with Crippen LogP contribution in [0.1, 0.15) is 52.9 Å². The Kier molecular flexibility index (Phi) is 4.78. The van der Waals surface area contributed by atoms with Crippen LogP contribution >= 0.6 is 0 Å². The molecule has 0 aromatic heterocycles. The Morgan fingerprint density at radius 2 is 1.73 bits per heavy atom. The van der Waals surface area contributed by atoms with Crippen LogP contribution in [0.4, 0.5) is 0 Å². The maximum Gasteiger partial charge on any atom is 0.142 e. The van der Waals surface area contributed by atoms with Crippen LogP contribution in [-0.2, 0) is 4.79 Å². The Labute approximate surface area is 93.8 Å². The third-order valence-corrected chi connectivity index (χ3v) is 4.12. The monoisotopic (exact) mass is 211 g/mol. The van der Waals surface area contributed by atoms with Gasteiger partial charge in [0.05, 0.1) is 0 Å². The summed E-state index contributed by atoms with van der Waals surface area (Å²) in [5.74, 6) is 0.833. The highest BCUT2D eigenvalue weighted by molar-refractivity contribution is 5.87. The Bertz CT molecular complexity index is 203. The first-order valence-electron chi connectivity index (χ1n) is 6.45. The van der Waals surface area contributed by atoms with Crippen molar-refractivity contribution in [1.82, 2.24) is 5.32 Å². The van der Waals surface area contributed by atoms with Crippen LogP contribution in [0.2, 0.25) is 0 Å². The fourth-order valence-corrected chi connectivity index (χ4v) is 2.77. The normalized spacial score (nSPS) is 20.5. The van der Waals surface area contributed by atoms with Crippen LogP contribution in [0.3, 0.4) is 0 Å². The molecule has 0 spiro atoms. The van der Waals surface area contributed by atoms with Crippen molar-refractivity contribution >= 4 is 5.78 Å². The fourth-order valence-electron chi connectivity index (χ4n) is 2.77. The molecule has 0 unspecified atom stereocenters. The van der Waals surface area contributed by atoms with Gasteiger partial charge in [0.25, 0.3) is 0 Å². The van der Waals surface area contributed by atoms with Crippen LogP contribution in [-0.4, -0.2) is 18.9 Å². The van der Waals surface area contributed by atoms with Gasteiger partial charge in [0.15, 0.2) is 0 Å². The van der Waals surface area contributed by atoms with E-state index in [0.29, 0.717) is 11.7 Å². The lowest BCUT2D eigenvalue weighted by Crippen LogP contribution is -2.44. The quantitative estimate of drug-likeness (QED) is 0.757. The molecule has 2 heteroatoms. The fraction of sp³-hybridized carbons (Fsp3) is 0.923. The lowest BCUT2D eigenvalue weighted by atomic mass is 9.69. The van der Waals surface area contributed by atoms with Crippen molar-refractivity contribution in [3.8, 4) is 0 Å². The van der Waals surface area contributed by atoms with Gasteiger partial charge >= 0.3 is 0 Å². The van der Waals surface area contributed by atoms with E-state index in [1.54, 1.807) is 0 Å². The average Bonchev–Trinajstić information content (AvgIpc) is 2.31. The number of hydrogen-bond donors (Lipinski definition) is 1. The number of nitrogens with one attached hydrogen (secondary N) is 1. The molecule has 1 fully saturated rings. The van der Waals surface area contributed by atoms with E-state index < -0.39 is 0 Å². The third kappa shape index (κ3) is 2.60. The molecule has 0 aromatic carbocycles. The number of rotatable bonds is 5. The molecular formula is C13H25NO. The second kappa shape index (κ2) is 5.64. The van der Waals surface area contributed by atoms with E-state index in [4.69, 9.17) is 0 Å². The van der Waals surface area contributed by atoms with E-state index >= 15 is 0 Å². The zero-order valence-electron chi connectivity index (χ0n) is 10.4. The highest BCUT2D eigenvalue weighted by Crippen LogP contribution is 2.37. The van der Waals surface area contributed by atoms with E-state index in [1.165, 1.54) is 0 Å². The van der Waals surface area contributed by atoms with Crippen molar-refractivity contribution < 1.29 is 4.79 Å². The molecular weight excluding hydrogens is 186 g/mol. The molecule has 0 radical (unpaired) electrons. The van der Waals surface area contributed by atoms with Crippen LogP contribution in [0.15, 0.2) is 0 Å². The summed E-state index contributed by atoms with van der Waals surface area (Å²) in [5, 5.41) is 3.35. The first-order chi connectivity index (χ1) is 7.20. The van der Waals surface area contributed by atoms with Crippen molar-refractivity contribution in [3.05, 3.63) is 0 Å². The minimum Gasteiger partial charge on any atom is -0.317 e. The maximum absolute atomic E-state index is 12.5. The van der Waals surface area contributed by atoms with Gasteiger partial charge in [0, 0.05) is 11.3 Å². The average molecular weight is 211 g/mol. The lowest BCUT2D eigenvalue weighted by Gasteiger charge is -2.37. The van der Waals surface area contributed by atoms with Gasteiger partial charge in [-0.05, 0) is 45.2 Å². The first-order valence-corrected chi connectivity index (χ1v) is 6.45. The molecule has 0 amide bonds. The molecule has 0 saturated carbocycles. The SMILES string of the molecule is CCC(CC)C(=O)C1(CC)CCNCC1. The van der Waals surface area contributed by atoms with E-state index in [2.05, 4.69) is 26.1 Å². The summed E-state index contributed by atoms with van der Waals surface area (Å²) < 4.78 is 0. The minimum atomic E-state index is 0.00192. The topological polar surface area (TPSA) is 29.1 Å². The number of carbonyl (C=O) groups is 1. The summed E-state index contributed by atoms with van der Waals surface area (Å²) >= 11 is 0. The van der Waals surface area contributed by atoms with E-state index in [0.717, 1.165) is 45.2 Å². The molecule has 1 heterocycles. The van der Waals surface area contributed by atoms with Crippen molar-refractivity contribution in [2.45, 2.75) is 52.9 Å². The predicted octanol–water partition coefficient (Wildman–Crippen LogP) is 2.77. The number of piperidine rings is 1. The van der Waals surface area contributed by atoms with Gasteiger partial charge in [-0.3, -0.25) is 4.79 Å². The summed E-state index contributed by atoms with van der Waals surface area (Å²) in [4.78, 5) is 12.5. The standard InChI is InChI=1S/C13H25NO/c1-4-11(5-2)12(15)13(6-3)7-9-14-10-8-13/h11,14H,4-10H2,1-3H3. The Morgan fingerprint density at radius 3 is 2.13 bits per heavy atom. The highest BCUT2D eigenvalue weighted by atomic mass is 16.1. The number of Topliss-reactive ketones (excluding diaryl/α,β-unsaturated/α-hetero) is 1. The summed E-state index contributed by atoms with van der Waals surface area (Å²) in [6.07, 6.45) is 5.11. The molecule has 1 saturated heterocycles. The van der Waals surface area contributed by atoms with Crippen molar-refractivity contribution in [3.63, 3.8) is 0 Å². The van der Waals surface area contributed by atoms with E-state index in [9.17, 15) is 4.79 Å². The Hall–Kier alpha value is -0.370. The molecule has 0 bridgehead atoms. The number of hydrogen-bond acceptors (Lipinski definition) is 2. The van der Waals surface area contributed by atoms with E-state index in [1.807, 2.05) is 0 Å². The van der Waals surface area contributed by atoms with Crippen molar-refractivity contribution in [2.75, 3.05) is 13.1 Å². The summed E-state index contributed by atoms with van der Waals surface area (Å²) in [5.41, 5.74) is 0.00192. The third-order valence-electron chi connectivity index (χ3n) is 4.12. The Balaban J connectivity index is 2.75. The molecule has 15 heavy (non-hydrogen) atoms. The largest absolute Gasteiger partial charge is 0.317 e. The highest BCUT2D eigenvalue weighted by Gasteiger charge is 2.39. The number of ketones is 1. The molecule has 0 aliphatic carbocycles. The van der Waals surface area contributed by atoms with Gasteiger partial charge < -0.3 is 5.32 Å². The predicted molar refractivity (Wildman–Crippen MR) is 63.9 cm³/mol. The smallest absolute Gasteiger partial charge is 0.142 e. The molecule has 0 aromatic rings. The Morgan fingerprint density at radius 1 is 1.20 bits per heavy atom. The summed E-state index contributed by atoms with van der Waals surface area (Å²) in [6, 6.07) is 0. The van der Waals surface area contributed by atoms with Gasteiger partial charge in [-0.25, -0.2) is 0 Å². The van der Waals surface area contributed by atoms with Gasteiger partial charge in [0.1, 0.15) is 5.78 Å². The molecule has 1 aliphatic heterocycles. The van der Waals surface area contributed by atoms with Crippen LogP contribution in [0.25, 0.3) is 0 Å². The zero-order chi connectivity index (χ0) is 11.3. The lowest BCUT2D eigenvalue weighted by molar-refractivity contribution is -0.135. The van der Waals surface area contributed by atoms with Gasteiger partial charge in [-0.1, -0.05) is 20.8 Å². The summed E-state index contributed by atoms with van der Waals surface area (Å²) in [7, 11) is 0. The molecule has 1 rings (SSSR count). The van der Waals surface area contributed by atoms with Crippen molar-refractivity contribution in [2.24, 2.45) is 11.3 Å². The van der Waals surface area contributed by atoms with Gasteiger partial charge in [-0.15, -0.1) is 0 Å². The first kappa shape index (κ1) is 12.7. The van der Waals surface area contributed by atoms with Crippen LogP contribution in [0, 0.1) is 11.3 Å². The molecule has 2 nitrogen and oxygen atoms in total. The summed E-state index contributed by atoms with van der Waals surface area (Å²) in [6.45, 7) is 8.47. The number of carbonyl (C=O) groups excluding carboxylic acids is 1. The van der Waals surface area contributed by atoms with Crippen LogP contribution in [0.5, 0.6) is 0 Å².